The lowest BCUT2D eigenvalue weighted by molar-refractivity contribution is -0.122. The summed E-state index contributed by atoms with van der Waals surface area (Å²) in [5.41, 5.74) is 7.51. The molecule has 1 amide bonds. The summed E-state index contributed by atoms with van der Waals surface area (Å²) in [6, 6.07) is 20.2. The highest BCUT2D eigenvalue weighted by molar-refractivity contribution is 7.91. The molecule has 0 aliphatic rings. The number of aliphatic hydroxyl groups is 1. The molecule has 2 unspecified atom stereocenters. The van der Waals surface area contributed by atoms with E-state index in [1.165, 1.54) is 6.20 Å². The van der Waals surface area contributed by atoms with Crippen molar-refractivity contribution in [3.05, 3.63) is 95.6 Å². The van der Waals surface area contributed by atoms with Gasteiger partial charge in [0.15, 0.2) is 21.0 Å². The van der Waals surface area contributed by atoms with Crippen LogP contribution in [0, 0.1) is 6.92 Å². The molecule has 0 radical (unpaired) electrons. The number of benzene rings is 2. The van der Waals surface area contributed by atoms with Gasteiger partial charge < -0.3 is 20.6 Å². The van der Waals surface area contributed by atoms with Gasteiger partial charge in [0.2, 0.25) is 11.8 Å². The number of para-hydroxylation sites is 2. The highest BCUT2D eigenvalue weighted by Crippen LogP contribution is 2.29. The zero-order valence-electron chi connectivity index (χ0n) is 20.5. The fraction of sp³-hybridized carbons (Fsp3) is 0.296. The van der Waals surface area contributed by atoms with E-state index in [2.05, 4.69) is 15.3 Å². The predicted molar refractivity (Wildman–Crippen MR) is 140 cm³/mol. The Kier molecular flexibility index (Phi) is 8.01. The van der Waals surface area contributed by atoms with Crippen molar-refractivity contribution in [2.45, 2.75) is 42.9 Å². The van der Waals surface area contributed by atoms with Gasteiger partial charge in [0, 0.05) is 6.20 Å². The Hall–Kier alpha value is -3.60. The lowest BCUT2D eigenvalue weighted by Gasteiger charge is -2.25. The quantitative estimate of drug-likeness (QED) is 0.272. The number of hydrogen-bond donors (Lipinski definition) is 3. The largest absolute Gasteiger partial charge is 0.437 e. The second kappa shape index (κ2) is 11.2. The number of nitrogens with two attached hydrogens (primary N) is 1. The molecule has 2 aromatic heterocycles. The number of sulfone groups is 1. The van der Waals surface area contributed by atoms with Crippen molar-refractivity contribution in [2.24, 2.45) is 5.73 Å². The third kappa shape index (κ3) is 6.59. The molecule has 4 rings (SSSR count). The first kappa shape index (κ1) is 26.5. The number of fused-ring (bicyclic) bond motifs is 1. The maximum Gasteiger partial charge on any atom is 0.229 e. The van der Waals surface area contributed by atoms with Crippen molar-refractivity contribution < 1.29 is 22.7 Å². The van der Waals surface area contributed by atoms with Crippen LogP contribution in [0.25, 0.3) is 11.1 Å². The zero-order chi connectivity index (χ0) is 26.5. The minimum Gasteiger partial charge on any atom is -0.437 e. The second-order valence-corrected chi connectivity index (χ2v) is 11.3. The lowest BCUT2D eigenvalue weighted by Crippen LogP contribution is -2.44. The Bertz CT molecular complexity index is 1440. The van der Waals surface area contributed by atoms with Crippen molar-refractivity contribution in [1.82, 2.24) is 15.3 Å². The zero-order valence-corrected chi connectivity index (χ0v) is 21.3. The fourth-order valence-corrected chi connectivity index (χ4v) is 5.23. The number of carbonyl (C=O) groups excluding carboxylic acids is 1. The molecule has 4 N–H and O–H groups in total. The van der Waals surface area contributed by atoms with E-state index in [1.807, 2.05) is 36.4 Å². The summed E-state index contributed by atoms with van der Waals surface area (Å²) in [5, 5.41) is 12.8. The van der Waals surface area contributed by atoms with Crippen molar-refractivity contribution in [1.29, 1.82) is 0 Å². The molecule has 0 spiro atoms. The van der Waals surface area contributed by atoms with Gasteiger partial charge in [-0.15, -0.1) is 0 Å². The van der Waals surface area contributed by atoms with Gasteiger partial charge in [0.25, 0.3) is 0 Å². The highest BCUT2D eigenvalue weighted by Gasteiger charge is 2.36. The maximum atomic E-state index is 12.7. The third-order valence-corrected chi connectivity index (χ3v) is 8.01. The Morgan fingerprint density at radius 2 is 1.84 bits per heavy atom. The van der Waals surface area contributed by atoms with Crippen LogP contribution in [0.15, 0.2) is 77.3 Å². The molecule has 194 valence electrons. The summed E-state index contributed by atoms with van der Waals surface area (Å²) in [4.78, 5) is 21.3. The van der Waals surface area contributed by atoms with Crippen LogP contribution in [0.3, 0.4) is 0 Å². The van der Waals surface area contributed by atoms with E-state index in [0.717, 1.165) is 11.1 Å². The monoisotopic (exact) mass is 522 g/mol. The van der Waals surface area contributed by atoms with E-state index in [9.17, 15) is 18.3 Å². The molecular formula is C27H30N4O5S. The van der Waals surface area contributed by atoms with Gasteiger partial charge in [0.1, 0.15) is 10.9 Å². The van der Waals surface area contributed by atoms with Crippen molar-refractivity contribution in [3.63, 3.8) is 0 Å². The van der Waals surface area contributed by atoms with Gasteiger partial charge in [-0.3, -0.25) is 9.78 Å². The van der Waals surface area contributed by atoms with Crippen molar-refractivity contribution in [2.75, 3.05) is 6.54 Å². The molecule has 0 bridgehead atoms. The van der Waals surface area contributed by atoms with E-state index < -0.39 is 33.1 Å². The van der Waals surface area contributed by atoms with Crippen LogP contribution in [0.2, 0.25) is 0 Å². The second-order valence-electron chi connectivity index (χ2n) is 9.10. The molecule has 0 saturated carbocycles. The Morgan fingerprint density at radius 3 is 2.57 bits per heavy atom. The molecule has 0 aliphatic carbocycles. The first-order valence-electron chi connectivity index (χ1n) is 11.9. The van der Waals surface area contributed by atoms with E-state index in [0.29, 0.717) is 23.2 Å². The van der Waals surface area contributed by atoms with Gasteiger partial charge in [-0.1, -0.05) is 48.5 Å². The molecule has 37 heavy (non-hydrogen) atoms. The maximum absolute atomic E-state index is 12.7. The standard InChI is InChI=1S/C27H30N4O5S/c1-19-8-7-15-29-22(19)17-37(34,35)24(28)16-25(32)30-18-27(33,14-13-20-9-3-2-4-10-20)26-31-21-11-5-6-12-23(21)36-26/h2-12,15,24,33H,13-14,16-18,28H2,1H3,(H,30,32). The smallest absolute Gasteiger partial charge is 0.229 e. The van der Waals surface area contributed by atoms with E-state index >= 15 is 0 Å². The Morgan fingerprint density at radius 1 is 1.11 bits per heavy atom. The summed E-state index contributed by atoms with van der Waals surface area (Å²) in [6.07, 6.45) is 1.77. The number of oxazole rings is 1. The SMILES string of the molecule is Cc1cccnc1CS(=O)(=O)C(N)CC(=O)NCC(O)(CCc1ccccc1)c1nc2ccccc2o1. The molecule has 0 aliphatic heterocycles. The third-order valence-electron chi connectivity index (χ3n) is 6.24. The topological polar surface area (TPSA) is 148 Å². The van der Waals surface area contributed by atoms with Gasteiger partial charge in [-0.05, 0) is 49.1 Å². The number of rotatable bonds is 11. The molecule has 9 nitrogen and oxygen atoms in total. The number of hydrogen-bond acceptors (Lipinski definition) is 8. The molecule has 4 aromatic rings. The van der Waals surface area contributed by atoms with Gasteiger partial charge in [-0.25, -0.2) is 13.4 Å². The number of nitrogens with one attached hydrogen (secondary N) is 1. The molecule has 2 heterocycles. The summed E-state index contributed by atoms with van der Waals surface area (Å²) in [5.74, 6) is -0.895. The minimum atomic E-state index is -3.84. The van der Waals surface area contributed by atoms with Crippen molar-refractivity contribution in [3.8, 4) is 0 Å². The van der Waals surface area contributed by atoms with Crippen LogP contribution in [0.5, 0.6) is 0 Å². The summed E-state index contributed by atoms with van der Waals surface area (Å²) >= 11 is 0. The lowest BCUT2D eigenvalue weighted by atomic mass is 9.94. The van der Waals surface area contributed by atoms with E-state index in [1.54, 1.807) is 37.3 Å². The minimum absolute atomic E-state index is 0.0764. The van der Waals surface area contributed by atoms with Gasteiger partial charge >= 0.3 is 0 Å². The summed E-state index contributed by atoms with van der Waals surface area (Å²) in [6.45, 7) is 1.54. The number of amides is 1. The highest BCUT2D eigenvalue weighted by atomic mass is 32.2. The molecule has 2 atom stereocenters. The van der Waals surface area contributed by atoms with Crippen LogP contribution < -0.4 is 11.1 Å². The number of nitrogens with zero attached hydrogens (tertiary/aromatic N) is 2. The van der Waals surface area contributed by atoms with Gasteiger partial charge in [-0.2, -0.15) is 0 Å². The fourth-order valence-electron chi connectivity index (χ4n) is 3.93. The summed E-state index contributed by atoms with van der Waals surface area (Å²) in [7, 11) is -3.84. The number of aryl methyl sites for hydroxylation is 2. The average Bonchev–Trinajstić information content (AvgIpc) is 3.33. The van der Waals surface area contributed by atoms with E-state index in [-0.39, 0.29) is 24.6 Å². The summed E-state index contributed by atoms with van der Waals surface area (Å²) < 4.78 is 31.3. The molecule has 0 saturated heterocycles. The predicted octanol–water partition coefficient (Wildman–Crippen LogP) is 2.76. The van der Waals surface area contributed by atoms with Crippen LogP contribution in [0.4, 0.5) is 0 Å². The molecular weight excluding hydrogens is 492 g/mol. The molecule has 0 fully saturated rings. The van der Waals surface area contributed by atoms with Crippen molar-refractivity contribution >= 4 is 26.8 Å². The number of aromatic nitrogens is 2. The number of pyridine rings is 1. The first-order valence-corrected chi connectivity index (χ1v) is 13.6. The number of carbonyl (C=O) groups is 1. The first-order chi connectivity index (χ1) is 17.7. The van der Waals surface area contributed by atoms with Crippen LogP contribution in [-0.2, 0) is 32.4 Å². The van der Waals surface area contributed by atoms with Gasteiger partial charge in [0.05, 0.1) is 24.4 Å². The van der Waals surface area contributed by atoms with E-state index in [4.69, 9.17) is 10.2 Å². The molecule has 2 aromatic carbocycles. The van der Waals surface area contributed by atoms with Crippen LogP contribution in [-0.4, -0.2) is 41.3 Å². The average molecular weight is 523 g/mol. The van der Waals surface area contributed by atoms with Crippen LogP contribution >= 0.6 is 0 Å². The Labute approximate surface area is 215 Å². The molecule has 10 heteroatoms. The van der Waals surface area contributed by atoms with Crippen LogP contribution in [0.1, 0.15) is 35.6 Å². The normalized spacial score (nSPS) is 14.2. The Balaban J connectivity index is 1.45.